The molecule has 6 nitrogen and oxygen atoms in total. The number of nitrogen functional groups attached to an aromatic ring is 1. The second-order valence-electron chi connectivity index (χ2n) is 9.87. The minimum absolute atomic E-state index is 0.102. The largest absolute Gasteiger partial charge is 0.482 e. The van der Waals surface area contributed by atoms with Crippen LogP contribution in [0.2, 0.25) is 10.0 Å². The number of hydrogen-bond donors (Lipinski definition) is 1. The maximum Gasteiger partial charge on any atom is 0.410 e. The number of ether oxygens (including phenoxy) is 2. The van der Waals surface area contributed by atoms with Gasteiger partial charge in [0.05, 0.1) is 11.6 Å². The molecule has 1 aliphatic rings. The van der Waals surface area contributed by atoms with Crippen LogP contribution >= 0.6 is 23.2 Å². The molecule has 0 fully saturated rings. The van der Waals surface area contributed by atoms with Gasteiger partial charge in [0.2, 0.25) is 0 Å². The van der Waals surface area contributed by atoms with E-state index < -0.39 is 29.4 Å². The van der Waals surface area contributed by atoms with Crippen LogP contribution in [0.5, 0.6) is 5.75 Å². The van der Waals surface area contributed by atoms with Crippen molar-refractivity contribution in [1.29, 1.82) is 0 Å². The van der Waals surface area contributed by atoms with Crippen molar-refractivity contribution < 1.29 is 23.0 Å². The Kier molecular flexibility index (Phi) is 7.53. The van der Waals surface area contributed by atoms with Gasteiger partial charge >= 0.3 is 6.09 Å². The Morgan fingerprint density at radius 2 is 1.86 bits per heavy atom. The van der Waals surface area contributed by atoms with Crippen LogP contribution in [0.3, 0.4) is 0 Å². The van der Waals surface area contributed by atoms with E-state index in [1.165, 1.54) is 29.3 Å². The van der Waals surface area contributed by atoms with Crippen molar-refractivity contribution in [2.75, 3.05) is 12.3 Å². The molecular weight excluding hydrogens is 523 g/mol. The van der Waals surface area contributed by atoms with Crippen LogP contribution in [-0.4, -0.2) is 28.1 Å². The van der Waals surface area contributed by atoms with E-state index in [1.54, 1.807) is 33.8 Å². The fraction of sp³-hybridized carbons (Fsp3) is 0.333. The van der Waals surface area contributed by atoms with Gasteiger partial charge in [-0.25, -0.2) is 18.6 Å². The summed E-state index contributed by atoms with van der Waals surface area (Å²) in [6, 6.07) is 7.46. The summed E-state index contributed by atoms with van der Waals surface area (Å²) >= 11 is 12.3. The van der Waals surface area contributed by atoms with Gasteiger partial charge in [0.25, 0.3) is 0 Å². The Morgan fingerprint density at radius 3 is 2.57 bits per heavy atom. The summed E-state index contributed by atoms with van der Waals surface area (Å²) in [6.45, 7) is 7.56. The average Bonchev–Trinajstić information content (AvgIpc) is 2.81. The van der Waals surface area contributed by atoms with Crippen LogP contribution in [0.25, 0.3) is 11.1 Å². The van der Waals surface area contributed by atoms with Crippen LogP contribution in [0.4, 0.5) is 19.4 Å². The number of fused-ring (bicyclic) bond motifs is 1. The van der Waals surface area contributed by atoms with Gasteiger partial charge in [-0.05, 0) is 69.5 Å². The molecule has 0 saturated heterocycles. The second kappa shape index (κ2) is 10.3. The van der Waals surface area contributed by atoms with Gasteiger partial charge in [0, 0.05) is 34.5 Å². The van der Waals surface area contributed by atoms with Gasteiger partial charge in [-0.2, -0.15) is 0 Å². The summed E-state index contributed by atoms with van der Waals surface area (Å²) in [4.78, 5) is 18.1. The predicted molar refractivity (Wildman–Crippen MR) is 140 cm³/mol. The number of nitrogens with zero attached hydrogens (tertiary/aromatic N) is 2. The Bertz CT molecular complexity index is 1360. The molecule has 2 heterocycles. The molecule has 3 aromatic rings. The van der Waals surface area contributed by atoms with Gasteiger partial charge < -0.3 is 20.1 Å². The normalized spacial score (nSPS) is 14.2. The third-order valence-corrected chi connectivity index (χ3v) is 6.66. The fourth-order valence-corrected chi connectivity index (χ4v) is 4.82. The van der Waals surface area contributed by atoms with Crippen molar-refractivity contribution in [2.45, 2.75) is 52.4 Å². The van der Waals surface area contributed by atoms with Crippen molar-refractivity contribution in [3.05, 3.63) is 74.9 Å². The molecule has 0 aliphatic carbocycles. The first kappa shape index (κ1) is 26.9. The maximum absolute atomic E-state index is 15.2. The molecule has 0 unspecified atom stereocenters. The van der Waals surface area contributed by atoms with Crippen LogP contribution in [0.15, 0.2) is 36.5 Å². The molecular formula is C27H27Cl2F2N3O3. The fourth-order valence-electron chi connectivity index (χ4n) is 4.14. The van der Waals surface area contributed by atoms with Crippen molar-refractivity contribution in [3.63, 3.8) is 0 Å². The standard InChI is InChI=1S/C27H27Cl2F2N3O3/c1-14(23-19(28)5-6-20(30)24(23)29)36-22-11-17(12-33-25(22)32)16-9-15-7-8-34(13-18(15)21(31)10-16)26(35)37-27(2,3)4/h5-6,9-12,14H,7-8,13H2,1-4H3,(H2,32,33)/t14-/m1/s1. The number of halogens is 4. The number of carbonyl (C=O) groups is 1. The van der Waals surface area contributed by atoms with E-state index in [4.69, 9.17) is 38.4 Å². The lowest BCUT2D eigenvalue weighted by atomic mass is 9.94. The van der Waals surface area contributed by atoms with E-state index in [2.05, 4.69) is 4.98 Å². The van der Waals surface area contributed by atoms with E-state index in [1.807, 2.05) is 6.07 Å². The van der Waals surface area contributed by atoms with E-state index in [0.717, 1.165) is 5.56 Å². The first-order valence-corrected chi connectivity index (χ1v) is 12.4. The summed E-state index contributed by atoms with van der Waals surface area (Å²) in [5.74, 6) is -0.737. The molecule has 0 radical (unpaired) electrons. The molecule has 2 N–H and O–H groups in total. The van der Waals surface area contributed by atoms with E-state index in [-0.39, 0.29) is 33.7 Å². The number of hydrogen-bond acceptors (Lipinski definition) is 5. The number of carbonyl (C=O) groups excluding carboxylic acids is 1. The summed E-state index contributed by atoms with van der Waals surface area (Å²) in [6.07, 6.45) is 0.776. The van der Waals surface area contributed by atoms with Gasteiger partial charge in [-0.15, -0.1) is 0 Å². The van der Waals surface area contributed by atoms with E-state index >= 15 is 4.39 Å². The summed E-state index contributed by atoms with van der Waals surface area (Å²) in [5.41, 5.74) is 8.07. The quantitative estimate of drug-likeness (QED) is 0.344. The molecule has 0 spiro atoms. The SMILES string of the molecule is C[C@@H](Oc1cc(-c2cc(F)c3c(c2)CCN(C(=O)OC(C)(C)C)C3)cnc1N)c1c(Cl)ccc(F)c1Cl. The van der Waals surface area contributed by atoms with Gasteiger partial charge in [-0.3, -0.25) is 0 Å². The third kappa shape index (κ3) is 5.91. The highest BCUT2D eigenvalue weighted by Gasteiger charge is 2.28. The zero-order chi connectivity index (χ0) is 27.1. The molecule has 2 aromatic carbocycles. The maximum atomic E-state index is 15.2. The Morgan fingerprint density at radius 1 is 1.14 bits per heavy atom. The monoisotopic (exact) mass is 549 g/mol. The molecule has 10 heteroatoms. The van der Waals surface area contributed by atoms with Gasteiger partial charge in [0.1, 0.15) is 23.3 Å². The molecule has 0 bridgehead atoms. The average molecular weight is 550 g/mol. The van der Waals surface area contributed by atoms with Crippen LogP contribution in [-0.2, 0) is 17.7 Å². The molecule has 1 aromatic heterocycles. The zero-order valence-electron chi connectivity index (χ0n) is 20.9. The van der Waals surface area contributed by atoms with Crippen molar-refractivity contribution in [2.24, 2.45) is 0 Å². The van der Waals surface area contributed by atoms with Crippen molar-refractivity contribution in [3.8, 4) is 16.9 Å². The van der Waals surface area contributed by atoms with Crippen molar-refractivity contribution >= 4 is 35.1 Å². The minimum Gasteiger partial charge on any atom is -0.482 e. The molecule has 1 atom stereocenters. The van der Waals surface area contributed by atoms with Crippen molar-refractivity contribution in [1.82, 2.24) is 9.88 Å². The predicted octanol–water partition coefficient (Wildman–Crippen LogP) is 7.35. The highest BCUT2D eigenvalue weighted by Crippen LogP contribution is 2.37. The Balaban J connectivity index is 1.59. The summed E-state index contributed by atoms with van der Waals surface area (Å²) in [7, 11) is 0. The van der Waals surface area contributed by atoms with Crippen LogP contribution in [0, 0.1) is 11.6 Å². The summed E-state index contributed by atoms with van der Waals surface area (Å²) < 4.78 is 40.6. The molecule has 4 rings (SSSR count). The van der Waals surface area contributed by atoms with Crippen LogP contribution in [0.1, 0.15) is 50.5 Å². The first-order chi connectivity index (χ1) is 17.3. The number of pyridine rings is 1. The smallest absolute Gasteiger partial charge is 0.410 e. The Labute approximate surface area is 224 Å². The third-order valence-electron chi connectivity index (χ3n) is 5.94. The van der Waals surface area contributed by atoms with Gasteiger partial charge in [-0.1, -0.05) is 29.3 Å². The molecule has 0 saturated carbocycles. The molecule has 1 amide bonds. The van der Waals surface area contributed by atoms with E-state index in [9.17, 15) is 9.18 Å². The lowest BCUT2D eigenvalue weighted by Gasteiger charge is -2.31. The zero-order valence-corrected chi connectivity index (χ0v) is 22.4. The second-order valence-corrected chi connectivity index (χ2v) is 10.7. The van der Waals surface area contributed by atoms with Crippen LogP contribution < -0.4 is 10.5 Å². The highest BCUT2D eigenvalue weighted by atomic mass is 35.5. The first-order valence-electron chi connectivity index (χ1n) is 11.7. The minimum atomic E-state index is -0.742. The number of anilines is 1. The number of rotatable bonds is 4. The topological polar surface area (TPSA) is 77.7 Å². The number of amides is 1. The number of aromatic nitrogens is 1. The number of benzene rings is 2. The van der Waals surface area contributed by atoms with E-state index in [0.29, 0.717) is 29.7 Å². The summed E-state index contributed by atoms with van der Waals surface area (Å²) in [5, 5.41) is 0.110. The lowest BCUT2D eigenvalue weighted by molar-refractivity contribution is 0.0222. The molecule has 196 valence electrons. The molecule has 37 heavy (non-hydrogen) atoms. The Hall–Kier alpha value is -3.10. The molecule has 1 aliphatic heterocycles. The number of nitrogens with two attached hydrogens (primary N) is 1. The highest BCUT2D eigenvalue weighted by molar-refractivity contribution is 6.36. The lowest BCUT2D eigenvalue weighted by Crippen LogP contribution is -2.40. The van der Waals surface area contributed by atoms with Gasteiger partial charge in [0.15, 0.2) is 11.6 Å².